The Morgan fingerprint density at radius 2 is 2.12 bits per heavy atom. The van der Waals surface area contributed by atoms with Gasteiger partial charge in [-0.2, -0.15) is 0 Å². The van der Waals surface area contributed by atoms with Gasteiger partial charge in [0.25, 0.3) is 0 Å². The van der Waals surface area contributed by atoms with Crippen LogP contribution in [0.5, 0.6) is 0 Å². The van der Waals surface area contributed by atoms with E-state index in [0.29, 0.717) is 5.69 Å². The maximum atomic E-state index is 11.0. The van der Waals surface area contributed by atoms with Crippen molar-refractivity contribution in [3.8, 4) is 11.3 Å². The number of aromatic nitrogens is 4. The molecule has 0 N–H and O–H groups in total. The number of carbonyl (C=O) groups is 1. The van der Waals surface area contributed by atoms with Crippen LogP contribution in [0.2, 0.25) is 0 Å². The molecular weight excluding hydrogens is 216 g/mol. The number of unbranched alkanes of at least 4 members (excludes halogenated alkanes) is 1. The SMILES string of the molecule is CCCCn1nnc(C=O)c1-c1ccncc1. The Morgan fingerprint density at radius 3 is 2.76 bits per heavy atom. The van der Waals surface area contributed by atoms with Gasteiger partial charge in [0.05, 0.1) is 5.69 Å². The van der Waals surface area contributed by atoms with E-state index >= 15 is 0 Å². The quantitative estimate of drug-likeness (QED) is 0.736. The fourth-order valence-corrected chi connectivity index (χ4v) is 1.68. The lowest BCUT2D eigenvalue weighted by Gasteiger charge is -2.05. The molecule has 0 saturated heterocycles. The maximum Gasteiger partial charge on any atom is 0.172 e. The molecule has 17 heavy (non-hydrogen) atoms. The van der Waals surface area contributed by atoms with Gasteiger partial charge in [-0.25, -0.2) is 4.68 Å². The number of nitrogens with zero attached hydrogens (tertiary/aromatic N) is 4. The van der Waals surface area contributed by atoms with Crippen molar-refractivity contribution in [3.63, 3.8) is 0 Å². The number of rotatable bonds is 5. The lowest BCUT2D eigenvalue weighted by Crippen LogP contribution is -2.03. The van der Waals surface area contributed by atoms with Gasteiger partial charge in [-0.05, 0) is 18.6 Å². The number of hydrogen-bond donors (Lipinski definition) is 0. The molecular formula is C12H14N4O. The van der Waals surface area contributed by atoms with Crippen molar-refractivity contribution in [2.24, 2.45) is 0 Å². The number of aryl methyl sites for hydroxylation is 1. The second-order valence-electron chi connectivity index (χ2n) is 3.75. The Bertz CT molecular complexity index is 492. The fourth-order valence-electron chi connectivity index (χ4n) is 1.68. The van der Waals surface area contributed by atoms with Gasteiger partial charge in [-0.15, -0.1) is 5.10 Å². The van der Waals surface area contributed by atoms with Crippen molar-refractivity contribution >= 4 is 6.29 Å². The molecule has 0 aliphatic carbocycles. The highest BCUT2D eigenvalue weighted by atomic mass is 16.1. The summed E-state index contributed by atoms with van der Waals surface area (Å²) >= 11 is 0. The minimum atomic E-state index is 0.382. The summed E-state index contributed by atoms with van der Waals surface area (Å²) in [5, 5.41) is 7.90. The van der Waals surface area contributed by atoms with Gasteiger partial charge in [0, 0.05) is 24.5 Å². The van der Waals surface area contributed by atoms with Crippen molar-refractivity contribution in [1.82, 2.24) is 20.0 Å². The molecule has 5 nitrogen and oxygen atoms in total. The van der Waals surface area contributed by atoms with Crippen LogP contribution in [-0.4, -0.2) is 26.3 Å². The molecule has 0 aliphatic heterocycles. The van der Waals surface area contributed by atoms with Crippen LogP contribution >= 0.6 is 0 Å². The first-order chi connectivity index (χ1) is 8.36. The van der Waals surface area contributed by atoms with Gasteiger partial charge in [0.2, 0.25) is 0 Å². The van der Waals surface area contributed by atoms with E-state index in [-0.39, 0.29) is 0 Å². The molecule has 88 valence electrons. The van der Waals surface area contributed by atoms with Gasteiger partial charge in [0.15, 0.2) is 12.0 Å². The van der Waals surface area contributed by atoms with Crippen molar-refractivity contribution in [2.75, 3.05) is 0 Å². The lowest BCUT2D eigenvalue weighted by atomic mass is 10.1. The van der Waals surface area contributed by atoms with Crippen LogP contribution in [0.4, 0.5) is 0 Å². The summed E-state index contributed by atoms with van der Waals surface area (Å²) in [6, 6.07) is 3.71. The van der Waals surface area contributed by atoms with Crippen LogP contribution in [0.15, 0.2) is 24.5 Å². The molecule has 0 fully saturated rings. The molecule has 2 heterocycles. The van der Waals surface area contributed by atoms with Crippen molar-refractivity contribution in [1.29, 1.82) is 0 Å². The molecule has 0 atom stereocenters. The lowest BCUT2D eigenvalue weighted by molar-refractivity contribution is 0.111. The summed E-state index contributed by atoms with van der Waals surface area (Å²) in [7, 11) is 0. The van der Waals surface area contributed by atoms with Gasteiger partial charge in [-0.3, -0.25) is 9.78 Å². The molecule has 5 heteroatoms. The van der Waals surface area contributed by atoms with Crippen molar-refractivity contribution < 1.29 is 4.79 Å². The first kappa shape index (κ1) is 11.4. The number of pyridine rings is 1. The molecule has 0 aromatic carbocycles. The zero-order valence-corrected chi connectivity index (χ0v) is 9.71. The van der Waals surface area contributed by atoms with Crippen LogP contribution < -0.4 is 0 Å². The van der Waals surface area contributed by atoms with Crippen LogP contribution in [0, 0.1) is 0 Å². The second kappa shape index (κ2) is 5.34. The monoisotopic (exact) mass is 230 g/mol. The van der Waals surface area contributed by atoms with Crippen molar-refractivity contribution in [2.45, 2.75) is 26.3 Å². The molecule has 0 aliphatic rings. The predicted molar refractivity (Wildman–Crippen MR) is 63.5 cm³/mol. The average Bonchev–Trinajstić information content (AvgIpc) is 2.80. The molecule has 0 bridgehead atoms. The molecule has 0 unspecified atom stereocenters. The molecule has 0 saturated carbocycles. The maximum absolute atomic E-state index is 11.0. The molecule has 2 aromatic rings. The first-order valence-electron chi connectivity index (χ1n) is 5.66. The van der Waals surface area contributed by atoms with E-state index in [1.807, 2.05) is 12.1 Å². The third-order valence-electron chi connectivity index (χ3n) is 2.55. The Labute approximate surface area is 99.5 Å². The number of aldehydes is 1. The Balaban J connectivity index is 2.42. The van der Waals surface area contributed by atoms with Crippen LogP contribution in [0.25, 0.3) is 11.3 Å². The smallest absolute Gasteiger partial charge is 0.172 e. The molecule has 0 radical (unpaired) electrons. The van der Waals surface area contributed by atoms with Gasteiger partial charge >= 0.3 is 0 Å². The summed E-state index contributed by atoms with van der Waals surface area (Å²) in [6.45, 7) is 2.89. The summed E-state index contributed by atoms with van der Waals surface area (Å²) in [5.41, 5.74) is 2.08. The Hall–Kier alpha value is -2.04. The minimum Gasteiger partial charge on any atom is -0.296 e. The van der Waals surface area contributed by atoms with Gasteiger partial charge in [-0.1, -0.05) is 18.6 Å². The zero-order chi connectivity index (χ0) is 12.1. The van der Waals surface area contributed by atoms with Gasteiger partial charge in [0.1, 0.15) is 0 Å². The molecule has 2 rings (SSSR count). The van der Waals surface area contributed by atoms with Gasteiger partial charge < -0.3 is 0 Å². The third-order valence-corrected chi connectivity index (χ3v) is 2.55. The molecule has 0 spiro atoms. The number of carbonyl (C=O) groups excluding carboxylic acids is 1. The Morgan fingerprint density at radius 1 is 1.35 bits per heavy atom. The summed E-state index contributed by atoms with van der Waals surface area (Å²) in [5.74, 6) is 0. The van der Waals surface area contributed by atoms with E-state index in [1.165, 1.54) is 0 Å². The standard InChI is InChI=1S/C12H14N4O/c1-2-3-8-16-12(11(9-17)14-15-16)10-4-6-13-7-5-10/h4-7,9H,2-3,8H2,1H3. The molecule has 0 amide bonds. The van der Waals surface area contributed by atoms with Crippen molar-refractivity contribution in [3.05, 3.63) is 30.2 Å². The normalized spacial score (nSPS) is 10.4. The minimum absolute atomic E-state index is 0.382. The number of hydrogen-bond acceptors (Lipinski definition) is 4. The van der Waals surface area contributed by atoms with E-state index in [1.54, 1.807) is 17.1 Å². The van der Waals surface area contributed by atoms with E-state index in [4.69, 9.17) is 0 Å². The fraction of sp³-hybridized carbons (Fsp3) is 0.333. The highest BCUT2D eigenvalue weighted by Crippen LogP contribution is 2.20. The third kappa shape index (κ3) is 2.38. The highest BCUT2D eigenvalue weighted by molar-refractivity contribution is 5.83. The summed E-state index contributed by atoms with van der Waals surface area (Å²) in [6.07, 6.45) is 6.22. The second-order valence-corrected chi connectivity index (χ2v) is 3.75. The van der Waals surface area contributed by atoms with Crippen LogP contribution in [0.3, 0.4) is 0 Å². The topological polar surface area (TPSA) is 60.7 Å². The van der Waals surface area contributed by atoms with E-state index in [0.717, 1.165) is 36.9 Å². The average molecular weight is 230 g/mol. The van der Waals surface area contributed by atoms with E-state index in [9.17, 15) is 4.79 Å². The first-order valence-corrected chi connectivity index (χ1v) is 5.66. The van der Waals surface area contributed by atoms with Crippen LogP contribution in [0.1, 0.15) is 30.3 Å². The molecule has 2 aromatic heterocycles. The van der Waals surface area contributed by atoms with E-state index < -0.39 is 0 Å². The highest BCUT2D eigenvalue weighted by Gasteiger charge is 2.13. The predicted octanol–water partition coefficient (Wildman–Crippen LogP) is 1.95. The summed E-state index contributed by atoms with van der Waals surface area (Å²) in [4.78, 5) is 14.9. The zero-order valence-electron chi connectivity index (χ0n) is 9.71. The Kier molecular flexibility index (Phi) is 3.59. The largest absolute Gasteiger partial charge is 0.296 e. The van der Waals surface area contributed by atoms with Crippen LogP contribution in [-0.2, 0) is 6.54 Å². The van der Waals surface area contributed by atoms with E-state index in [2.05, 4.69) is 22.2 Å². The summed E-state index contributed by atoms with van der Waals surface area (Å²) < 4.78 is 1.78.